The number of nitrogens with one attached hydrogen (secondary N) is 1. The molecule has 4 nitrogen and oxygen atoms in total. The summed E-state index contributed by atoms with van der Waals surface area (Å²) in [6, 6.07) is 9.45. The highest BCUT2D eigenvalue weighted by Crippen LogP contribution is 2.23. The quantitative estimate of drug-likeness (QED) is 0.850. The fourth-order valence-corrected chi connectivity index (χ4v) is 1.64. The lowest BCUT2D eigenvalue weighted by Crippen LogP contribution is -1.96. The van der Waals surface area contributed by atoms with Crippen molar-refractivity contribution in [2.75, 3.05) is 19.5 Å². The molecule has 1 N–H and O–H groups in total. The third-order valence-corrected chi connectivity index (χ3v) is 2.51. The lowest BCUT2D eigenvalue weighted by atomic mass is 10.1. The molecule has 1 aromatic heterocycles. The number of hydrogen-bond acceptors (Lipinski definition) is 4. The molecule has 88 valence electrons. The van der Waals surface area contributed by atoms with Crippen molar-refractivity contribution in [1.29, 1.82) is 0 Å². The molecule has 0 unspecified atom stereocenters. The van der Waals surface area contributed by atoms with Gasteiger partial charge < -0.3 is 10.1 Å². The summed E-state index contributed by atoms with van der Waals surface area (Å²) in [4.78, 5) is 8.21. The van der Waals surface area contributed by atoms with Gasteiger partial charge in [0.25, 0.3) is 0 Å². The molecule has 0 aliphatic heterocycles. The first-order valence-corrected chi connectivity index (χ1v) is 5.47. The van der Waals surface area contributed by atoms with E-state index in [4.69, 9.17) is 16.3 Å². The minimum absolute atomic E-state index is 0.225. The third kappa shape index (κ3) is 2.65. The molecule has 0 atom stereocenters. The van der Waals surface area contributed by atoms with Crippen molar-refractivity contribution in [3.63, 3.8) is 0 Å². The average molecular weight is 250 g/mol. The van der Waals surface area contributed by atoms with Gasteiger partial charge in [-0.15, -0.1) is 0 Å². The average Bonchev–Trinajstić information content (AvgIpc) is 2.38. The summed E-state index contributed by atoms with van der Waals surface area (Å²) in [5.41, 5.74) is 1.74. The predicted octanol–water partition coefficient (Wildman–Crippen LogP) is 2.85. The lowest BCUT2D eigenvalue weighted by molar-refractivity contribution is 0.415. The van der Waals surface area contributed by atoms with Gasteiger partial charge in [-0.1, -0.05) is 0 Å². The van der Waals surface area contributed by atoms with Crippen LogP contribution >= 0.6 is 11.6 Å². The van der Waals surface area contributed by atoms with Crippen LogP contribution < -0.4 is 10.1 Å². The van der Waals surface area contributed by atoms with Gasteiger partial charge in [-0.2, -0.15) is 0 Å². The molecule has 2 aromatic rings. The van der Waals surface area contributed by atoms with Crippen molar-refractivity contribution in [1.82, 2.24) is 9.97 Å². The molecular formula is C12H12ClN3O. The molecule has 0 bridgehead atoms. The van der Waals surface area contributed by atoms with Gasteiger partial charge in [0.1, 0.15) is 11.6 Å². The SMILES string of the molecule is CNc1cc(-c2ccc(OC)cc2)nc(Cl)n1. The molecule has 0 amide bonds. The normalized spacial score (nSPS) is 10.1. The summed E-state index contributed by atoms with van der Waals surface area (Å²) >= 11 is 5.85. The van der Waals surface area contributed by atoms with Gasteiger partial charge in [-0.25, -0.2) is 9.97 Å². The zero-order valence-electron chi connectivity index (χ0n) is 9.57. The van der Waals surface area contributed by atoms with Gasteiger partial charge in [-0.3, -0.25) is 0 Å². The standard InChI is InChI=1S/C12H12ClN3O/c1-14-11-7-10(15-12(13)16-11)8-3-5-9(17-2)6-4-8/h3-7H,1-2H3,(H,14,15,16). The fraction of sp³-hybridized carbons (Fsp3) is 0.167. The molecule has 0 radical (unpaired) electrons. The topological polar surface area (TPSA) is 47.0 Å². The van der Waals surface area contributed by atoms with E-state index in [0.717, 1.165) is 17.0 Å². The Morgan fingerprint density at radius 3 is 2.47 bits per heavy atom. The summed E-state index contributed by atoms with van der Waals surface area (Å²) < 4.78 is 5.10. The molecule has 5 heteroatoms. The van der Waals surface area contributed by atoms with Gasteiger partial charge >= 0.3 is 0 Å². The summed E-state index contributed by atoms with van der Waals surface area (Å²) in [6.07, 6.45) is 0. The van der Waals surface area contributed by atoms with E-state index < -0.39 is 0 Å². The molecule has 0 spiro atoms. The smallest absolute Gasteiger partial charge is 0.224 e. The number of benzene rings is 1. The van der Waals surface area contributed by atoms with E-state index in [0.29, 0.717) is 5.82 Å². The van der Waals surface area contributed by atoms with Crippen LogP contribution in [0.5, 0.6) is 5.75 Å². The maximum Gasteiger partial charge on any atom is 0.224 e. The Bertz CT molecular complexity index is 514. The van der Waals surface area contributed by atoms with E-state index in [9.17, 15) is 0 Å². The van der Waals surface area contributed by atoms with E-state index >= 15 is 0 Å². The second-order valence-corrected chi connectivity index (χ2v) is 3.72. The highest BCUT2D eigenvalue weighted by atomic mass is 35.5. The van der Waals surface area contributed by atoms with Crippen molar-refractivity contribution in [2.45, 2.75) is 0 Å². The Labute approximate surface area is 105 Å². The molecule has 17 heavy (non-hydrogen) atoms. The number of ether oxygens (including phenoxy) is 1. The van der Waals surface area contributed by atoms with Gasteiger partial charge in [0.05, 0.1) is 12.8 Å². The Balaban J connectivity index is 2.41. The zero-order valence-corrected chi connectivity index (χ0v) is 10.3. The van der Waals surface area contributed by atoms with Crippen molar-refractivity contribution in [2.24, 2.45) is 0 Å². The van der Waals surface area contributed by atoms with E-state index in [-0.39, 0.29) is 5.28 Å². The van der Waals surface area contributed by atoms with Crippen molar-refractivity contribution < 1.29 is 4.74 Å². The zero-order chi connectivity index (χ0) is 12.3. The molecule has 0 fully saturated rings. The highest BCUT2D eigenvalue weighted by Gasteiger charge is 2.04. The number of anilines is 1. The Morgan fingerprint density at radius 2 is 1.88 bits per heavy atom. The van der Waals surface area contributed by atoms with Crippen LogP contribution in [0, 0.1) is 0 Å². The predicted molar refractivity (Wildman–Crippen MR) is 68.6 cm³/mol. The van der Waals surface area contributed by atoms with E-state index in [2.05, 4.69) is 15.3 Å². The van der Waals surface area contributed by atoms with Gasteiger partial charge in [0.15, 0.2) is 0 Å². The molecular weight excluding hydrogens is 238 g/mol. The van der Waals surface area contributed by atoms with Gasteiger partial charge in [0, 0.05) is 18.7 Å². The largest absolute Gasteiger partial charge is 0.497 e. The minimum atomic E-state index is 0.225. The summed E-state index contributed by atoms with van der Waals surface area (Å²) in [6.45, 7) is 0. The van der Waals surface area contributed by atoms with Crippen LogP contribution in [0.2, 0.25) is 5.28 Å². The maximum atomic E-state index is 5.85. The van der Waals surface area contributed by atoms with Crippen LogP contribution in [0.15, 0.2) is 30.3 Å². The number of aromatic nitrogens is 2. The minimum Gasteiger partial charge on any atom is -0.497 e. The molecule has 2 rings (SSSR count). The van der Waals surface area contributed by atoms with Gasteiger partial charge in [-0.05, 0) is 35.9 Å². The monoisotopic (exact) mass is 249 g/mol. The van der Waals surface area contributed by atoms with Crippen molar-refractivity contribution in [3.05, 3.63) is 35.6 Å². The number of methoxy groups -OCH3 is 1. The highest BCUT2D eigenvalue weighted by molar-refractivity contribution is 6.28. The first kappa shape index (κ1) is 11.7. The van der Waals surface area contributed by atoms with E-state index in [1.807, 2.05) is 30.3 Å². The maximum absolute atomic E-state index is 5.85. The molecule has 0 aliphatic rings. The van der Waals surface area contributed by atoms with Crippen LogP contribution in [0.4, 0.5) is 5.82 Å². The first-order chi connectivity index (χ1) is 8.22. The van der Waals surface area contributed by atoms with Crippen LogP contribution in [0.3, 0.4) is 0 Å². The van der Waals surface area contributed by atoms with Crippen LogP contribution in [-0.2, 0) is 0 Å². The Morgan fingerprint density at radius 1 is 1.18 bits per heavy atom. The molecule has 0 saturated heterocycles. The van der Waals surface area contributed by atoms with E-state index in [1.54, 1.807) is 14.2 Å². The second kappa shape index (κ2) is 5.01. The van der Waals surface area contributed by atoms with Crippen molar-refractivity contribution in [3.8, 4) is 17.0 Å². The number of hydrogen-bond donors (Lipinski definition) is 1. The molecule has 0 aliphatic carbocycles. The van der Waals surface area contributed by atoms with Crippen LogP contribution in [0.1, 0.15) is 0 Å². The molecule has 1 heterocycles. The van der Waals surface area contributed by atoms with E-state index in [1.165, 1.54) is 0 Å². The molecule has 0 saturated carbocycles. The second-order valence-electron chi connectivity index (χ2n) is 3.39. The summed E-state index contributed by atoms with van der Waals surface area (Å²) in [7, 11) is 3.42. The lowest BCUT2D eigenvalue weighted by Gasteiger charge is -2.05. The van der Waals surface area contributed by atoms with Crippen LogP contribution in [0.25, 0.3) is 11.3 Å². The molecule has 1 aromatic carbocycles. The van der Waals surface area contributed by atoms with Gasteiger partial charge in [0.2, 0.25) is 5.28 Å². The number of nitrogens with zero attached hydrogens (tertiary/aromatic N) is 2. The van der Waals surface area contributed by atoms with Crippen LogP contribution in [-0.4, -0.2) is 24.1 Å². The fourth-order valence-electron chi connectivity index (χ4n) is 1.46. The Kier molecular flexibility index (Phi) is 3.44. The third-order valence-electron chi connectivity index (χ3n) is 2.34. The number of rotatable bonds is 3. The number of halogens is 1. The summed E-state index contributed by atoms with van der Waals surface area (Å²) in [5, 5.41) is 3.16. The summed E-state index contributed by atoms with van der Waals surface area (Å²) in [5.74, 6) is 1.50. The van der Waals surface area contributed by atoms with Crippen molar-refractivity contribution >= 4 is 17.4 Å². The Hall–Kier alpha value is -1.81. The first-order valence-electron chi connectivity index (χ1n) is 5.09.